The summed E-state index contributed by atoms with van der Waals surface area (Å²) in [5, 5.41) is 2.88. The van der Waals surface area contributed by atoms with Gasteiger partial charge < -0.3 is 11.1 Å². The van der Waals surface area contributed by atoms with Gasteiger partial charge in [0.2, 0.25) is 5.91 Å². The average molecular weight is 351 g/mol. The lowest BCUT2D eigenvalue weighted by Gasteiger charge is -2.45. The Balaban J connectivity index is 1.65. The van der Waals surface area contributed by atoms with Crippen LogP contribution in [-0.2, 0) is 11.2 Å². The van der Waals surface area contributed by atoms with Crippen molar-refractivity contribution >= 4 is 25.6 Å². The largest absolute Gasteiger partial charge is 0.384 e. The van der Waals surface area contributed by atoms with Gasteiger partial charge in [-0.3, -0.25) is 14.7 Å². The van der Waals surface area contributed by atoms with Gasteiger partial charge in [0.25, 0.3) is 0 Å². The highest BCUT2D eigenvalue weighted by molar-refractivity contribution is 6.11. The van der Waals surface area contributed by atoms with E-state index in [4.69, 9.17) is 5.73 Å². The second-order valence-electron chi connectivity index (χ2n) is 6.54. The number of rotatable bonds is 5. The molecule has 1 saturated heterocycles. The third-order valence-corrected chi connectivity index (χ3v) is 4.81. The van der Waals surface area contributed by atoms with Gasteiger partial charge in [0.1, 0.15) is 13.7 Å². The number of carbonyl (C=O) groups is 2. The summed E-state index contributed by atoms with van der Waals surface area (Å²) in [6, 6.07) is 6.64. The molecular formula is C18H22BN5O2. The number of nitrogen functional groups attached to an aromatic ring is 1. The predicted octanol–water partition coefficient (Wildman–Crippen LogP) is 0.950. The summed E-state index contributed by atoms with van der Waals surface area (Å²) >= 11 is 0. The number of nitrogens with one attached hydrogen (secondary N) is 1. The monoisotopic (exact) mass is 351 g/mol. The summed E-state index contributed by atoms with van der Waals surface area (Å²) in [6.45, 7) is 1.87. The number of urea groups is 1. The van der Waals surface area contributed by atoms with E-state index in [1.807, 2.05) is 33.0 Å². The van der Waals surface area contributed by atoms with Crippen molar-refractivity contribution in [2.75, 3.05) is 5.73 Å². The van der Waals surface area contributed by atoms with E-state index in [9.17, 15) is 9.59 Å². The van der Waals surface area contributed by atoms with Crippen LogP contribution in [0.4, 0.5) is 10.6 Å². The van der Waals surface area contributed by atoms with Crippen LogP contribution < -0.4 is 11.1 Å². The molecule has 2 unspecified atom stereocenters. The fourth-order valence-electron chi connectivity index (χ4n) is 3.39. The first-order valence-electron chi connectivity index (χ1n) is 8.75. The number of imide groups is 1. The van der Waals surface area contributed by atoms with Crippen molar-refractivity contribution in [3.63, 3.8) is 0 Å². The maximum Gasteiger partial charge on any atom is 0.324 e. The SMILES string of the molecule is BCC1[C@@H](Cc2ccnc(N)c2)C(=O)N1C(=O)NC(C)c1cccnc1. The molecule has 0 aliphatic carbocycles. The Bertz CT molecular complexity index is 801. The third kappa shape index (κ3) is 3.54. The van der Waals surface area contributed by atoms with E-state index in [1.54, 1.807) is 24.7 Å². The van der Waals surface area contributed by atoms with Gasteiger partial charge >= 0.3 is 6.03 Å². The van der Waals surface area contributed by atoms with Crippen LogP contribution in [0.1, 0.15) is 24.1 Å². The van der Waals surface area contributed by atoms with Gasteiger partial charge in [0.05, 0.1) is 12.0 Å². The number of likely N-dealkylation sites (tertiary alicyclic amines) is 1. The summed E-state index contributed by atoms with van der Waals surface area (Å²) in [6.07, 6.45) is 6.30. The van der Waals surface area contributed by atoms with E-state index in [0.29, 0.717) is 18.6 Å². The molecule has 0 aromatic carbocycles. The van der Waals surface area contributed by atoms with Crippen LogP contribution in [0.3, 0.4) is 0 Å². The Hall–Kier alpha value is -2.90. The molecule has 1 fully saturated rings. The van der Waals surface area contributed by atoms with E-state index in [0.717, 1.165) is 11.1 Å². The molecule has 0 spiro atoms. The molecule has 0 radical (unpaired) electrons. The molecule has 3 heterocycles. The second kappa shape index (κ2) is 7.55. The second-order valence-corrected chi connectivity index (χ2v) is 6.54. The maximum atomic E-state index is 12.6. The van der Waals surface area contributed by atoms with Crippen molar-refractivity contribution in [2.45, 2.75) is 31.7 Å². The quantitative estimate of drug-likeness (QED) is 0.617. The van der Waals surface area contributed by atoms with E-state index in [2.05, 4.69) is 15.3 Å². The van der Waals surface area contributed by atoms with Crippen LogP contribution in [0.25, 0.3) is 0 Å². The van der Waals surface area contributed by atoms with Crippen molar-refractivity contribution in [3.8, 4) is 0 Å². The highest BCUT2D eigenvalue weighted by Gasteiger charge is 2.49. The third-order valence-electron chi connectivity index (χ3n) is 4.81. The molecule has 7 nitrogen and oxygen atoms in total. The molecule has 3 atom stereocenters. The summed E-state index contributed by atoms with van der Waals surface area (Å²) in [5.41, 5.74) is 7.56. The lowest BCUT2D eigenvalue weighted by Crippen LogP contribution is -2.65. The van der Waals surface area contributed by atoms with Gasteiger partial charge in [-0.25, -0.2) is 9.78 Å². The number of carbonyl (C=O) groups excluding carboxylic acids is 2. The summed E-state index contributed by atoms with van der Waals surface area (Å²) in [5.74, 6) is 0.0755. The highest BCUT2D eigenvalue weighted by atomic mass is 16.2. The predicted molar refractivity (Wildman–Crippen MR) is 101 cm³/mol. The number of pyridine rings is 2. The lowest BCUT2D eigenvalue weighted by molar-refractivity contribution is -0.148. The van der Waals surface area contributed by atoms with Crippen LogP contribution in [-0.4, -0.2) is 40.7 Å². The first-order valence-corrected chi connectivity index (χ1v) is 8.75. The number of anilines is 1. The van der Waals surface area contributed by atoms with Crippen LogP contribution in [0.15, 0.2) is 42.9 Å². The van der Waals surface area contributed by atoms with Crippen LogP contribution in [0.2, 0.25) is 6.32 Å². The van der Waals surface area contributed by atoms with E-state index < -0.39 is 0 Å². The summed E-state index contributed by atoms with van der Waals surface area (Å²) < 4.78 is 0. The first-order chi connectivity index (χ1) is 12.5. The number of hydrogen-bond donors (Lipinski definition) is 2. The molecule has 2 aromatic rings. The van der Waals surface area contributed by atoms with Crippen molar-refractivity contribution in [1.82, 2.24) is 20.2 Å². The van der Waals surface area contributed by atoms with Crippen molar-refractivity contribution < 1.29 is 9.59 Å². The van der Waals surface area contributed by atoms with Gasteiger partial charge in [-0.15, -0.1) is 0 Å². The Morgan fingerprint density at radius 3 is 2.88 bits per heavy atom. The molecule has 134 valence electrons. The fraction of sp³-hybridized carbons (Fsp3) is 0.333. The molecule has 0 saturated carbocycles. The molecule has 3 amide bonds. The average Bonchev–Trinajstić information content (AvgIpc) is 2.64. The van der Waals surface area contributed by atoms with Crippen LogP contribution in [0, 0.1) is 5.92 Å². The Labute approximate surface area is 153 Å². The summed E-state index contributed by atoms with van der Waals surface area (Å²) in [7, 11) is 1.98. The smallest absolute Gasteiger partial charge is 0.324 e. The zero-order chi connectivity index (χ0) is 18.7. The molecule has 8 heteroatoms. The van der Waals surface area contributed by atoms with Crippen molar-refractivity contribution in [3.05, 3.63) is 54.0 Å². The zero-order valence-electron chi connectivity index (χ0n) is 14.9. The number of nitrogens with two attached hydrogens (primary N) is 1. The highest BCUT2D eigenvalue weighted by Crippen LogP contribution is 2.32. The normalized spacial score (nSPS) is 20.3. The molecule has 1 aliphatic rings. The van der Waals surface area contributed by atoms with E-state index in [1.165, 1.54) is 4.90 Å². The Morgan fingerprint density at radius 1 is 1.42 bits per heavy atom. The Morgan fingerprint density at radius 2 is 2.23 bits per heavy atom. The maximum absolute atomic E-state index is 12.6. The minimum atomic E-state index is -0.358. The molecule has 3 N–H and O–H groups in total. The standard InChI is InChI=1S/C18H22BN5O2/c1-11(13-3-2-5-21-10-13)23-18(26)24-15(9-19)14(17(24)25)7-12-4-6-22-16(20)8-12/h2-6,8,10-11,14-15H,7,9,19H2,1H3,(H2,20,22)(H,23,26)/t11?,14-,15?/m1/s1. The minimum Gasteiger partial charge on any atom is -0.384 e. The molecule has 26 heavy (non-hydrogen) atoms. The molecular weight excluding hydrogens is 329 g/mol. The lowest BCUT2D eigenvalue weighted by atomic mass is 9.76. The topological polar surface area (TPSA) is 101 Å². The van der Waals surface area contributed by atoms with E-state index >= 15 is 0 Å². The van der Waals surface area contributed by atoms with Gasteiger partial charge in [-0.1, -0.05) is 12.4 Å². The van der Waals surface area contributed by atoms with E-state index in [-0.39, 0.29) is 29.9 Å². The van der Waals surface area contributed by atoms with Crippen molar-refractivity contribution in [1.29, 1.82) is 0 Å². The van der Waals surface area contributed by atoms with Crippen LogP contribution >= 0.6 is 0 Å². The number of hydrogen-bond acceptors (Lipinski definition) is 5. The van der Waals surface area contributed by atoms with Gasteiger partial charge in [-0.2, -0.15) is 0 Å². The number of β-lactam (4-membered cyclic amide) rings is 1. The van der Waals surface area contributed by atoms with Gasteiger partial charge in [0.15, 0.2) is 0 Å². The Kier molecular flexibility index (Phi) is 5.20. The molecule has 0 bridgehead atoms. The summed E-state index contributed by atoms with van der Waals surface area (Å²) in [4.78, 5) is 34.5. The zero-order valence-corrected chi connectivity index (χ0v) is 14.9. The van der Waals surface area contributed by atoms with Gasteiger partial charge in [-0.05, 0) is 42.7 Å². The molecule has 3 rings (SSSR count). The fourth-order valence-corrected chi connectivity index (χ4v) is 3.39. The number of aromatic nitrogens is 2. The van der Waals surface area contributed by atoms with Gasteiger partial charge in [0, 0.05) is 24.6 Å². The number of amides is 3. The minimum absolute atomic E-state index is 0.113. The van der Waals surface area contributed by atoms with Crippen molar-refractivity contribution in [2.24, 2.45) is 5.92 Å². The number of nitrogens with zero attached hydrogens (tertiary/aromatic N) is 3. The first kappa shape index (κ1) is 17.9. The molecule has 2 aromatic heterocycles. The molecule has 1 aliphatic heterocycles. The van der Waals surface area contributed by atoms with Crippen LogP contribution in [0.5, 0.6) is 0 Å².